The van der Waals surface area contributed by atoms with Crippen molar-refractivity contribution in [2.45, 2.75) is 32.1 Å². The third kappa shape index (κ3) is 1.52. The fourth-order valence-electron chi connectivity index (χ4n) is 2.26. The highest BCUT2D eigenvalue weighted by Gasteiger charge is 2.19. The van der Waals surface area contributed by atoms with Crippen LogP contribution in [0, 0.1) is 5.92 Å². The highest BCUT2D eigenvalue weighted by atomic mass is 14.2. The van der Waals surface area contributed by atoms with Crippen LogP contribution in [-0.2, 0) is 0 Å². The van der Waals surface area contributed by atoms with Gasteiger partial charge in [0, 0.05) is 0 Å². The van der Waals surface area contributed by atoms with Crippen molar-refractivity contribution in [3.8, 4) is 0 Å². The molecular formula is C12H16. The zero-order chi connectivity index (χ0) is 8.39. The van der Waals surface area contributed by atoms with Gasteiger partial charge < -0.3 is 0 Å². The maximum Gasteiger partial charge on any atom is -0.00671 e. The summed E-state index contributed by atoms with van der Waals surface area (Å²) in [6.07, 6.45) is 13.4. The molecule has 0 aromatic carbocycles. The van der Waals surface area contributed by atoms with Crippen LogP contribution in [0.5, 0.6) is 0 Å². The van der Waals surface area contributed by atoms with E-state index < -0.39 is 0 Å². The molecule has 64 valence electrons. The molecule has 0 heteroatoms. The second-order valence-electron chi connectivity index (χ2n) is 3.92. The maximum absolute atomic E-state index is 4.01. The quantitative estimate of drug-likeness (QED) is 0.549. The zero-order valence-electron chi connectivity index (χ0n) is 7.55. The fraction of sp³-hybridized carbons (Fsp3) is 0.500. The molecule has 0 aliphatic heterocycles. The van der Waals surface area contributed by atoms with Gasteiger partial charge in [-0.2, -0.15) is 0 Å². The first-order valence-electron chi connectivity index (χ1n) is 4.91. The molecule has 1 saturated carbocycles. The van der Waals surface area contributed by atoms with Gasteiger partial charge in [-0.1, -0.05) is 48.8 Å². The van der Waals surface area contributed by atoms with Gasteiger partial charge in [0.25, 0.3) is 0 Å². The molecule has 0 heterocycles. The largest absolute Gasteiger partial charge is 0.0955 e. The monoisotopic (exact) mass is 160 g/mol. The van der Waals surface area contributed by atoms with E-state index >= 15 is 0 Å². The summed E-state index contributed by atoms with van der Waals surface area (Å²) < 4.78 is 0. The smallest absolute Gasteiger partial charge is 0.00671 e. The molecule has 0 unspecified atom stereocenters. The van der Waals surface area contributed by atoms with E-state index in [4.69, 9.17) is 0 Å². The third-order valence-corrected chi connectivity index (χ3v) is 2.95. The van der Waals surface area contributed by atoms with E-state index in [2.05, 4.69) is 24.8 Å². The molecule has 0 amide bonds. The summed E-state index contributed by atoms with van der Waals surface area (Å²) in [6, 6.07) is 0. The lowest BCUT2D eigenvalue weighted by Crippen LogP contribution is -2.01. The van der Waals surface area contributed by atoms with E-state index in [1.165, 1.54) is 31.3 Å². The van der Waals surface area contributed by atoms with E-state index in [1.807, 2.05) is 0 Å². The molecule has 0 atom stereocenters. The zero-order valence-corrected chi connectivity index (χ0v) is 7.55. The molecule has 1 fully saturated rings. The van der Waals surface area contributed by atoms with Crippen molar-refractivity contribution in [2.75, 3.05) is 0 Å². The maximum atomic E-state index is 4.01. The number of hydrogen-bond donors (Lipinski definition) is 0. The van der Waals surface area contributed by atoms with Crippen LogP contribution in [0.4, 0.5) is 0 Å². The highest BCUT2D eigenvalue weighted by Crippen LogP contribution is 2.35. The van der Waals surface area contributed by atoms with Crippen LogP contribution in [0.2, 0.25) is 0 Å². The number of rotatable bonds is 1. The Morgan fingerprint density at radius 3 is 2.67 bits per heavy atom. The van der Waals surface area contributed by atoms with Crippen molar-refractivity contribution < 1.29 is 0 Å². The van der Waals surface area contributed by atoms with Crippen molar-refractivity contribution in [3.63, 3.8) is 0 Å². The molecule has 0 aromatic heterocycles. The van der Waals surface area contributed by atoms with E-state index in [0.717, 1.165) is 12.3 Å². The first-order valence-corrected chi connectivity index (χ1v) is 4.91. The molecular weight excluding hydrogens is 144 g/mol. The van der Waals surface area contributed by atoms with Crippen molar-refractivity contribution in [1.29, 1.82) is 0 Å². The molecule has 2 rings (SSSR count). The molecule has 2 aliphatic carbocycles. The predicted molar refractivity (Wildman–Crippen MR) is 52.9 cm³/mol. The molecule has 0 spiro atoms. The Balaban J connectivity index is 2.07. The van der Waals surface area contributed by atoms with Gasteiger partial charge in [0.2, 0.25) is 0 Å². The van der Waals surface area contributed by atoms with E-state index in [-0.39, 0.29) is 0 Å². The van der Waals surface area contributed by atoms with Crippen LogP contribution in [-0.4, -0.2) is 0 Å². The van der Waals surface area contributed by atoms with E-state index in [0.29, 0.717) is 0 Å². The highest BCUT2D eigenvalue weighted by molar-refractivity contribution is 5.33. The Hall–Kier alpha value is -0.780. The summed E-state index contributed by atoms with van der Waals surface area (Å²) in [5.74, 6) is 0.881. The molecule has 2 aliphatic rings. The number of allylic oxidation sites excluding steroid dienone is 5. The van der Waals surface area contributed by atoms with Gasteiger partial charge in [-0.25, -0.2) is 0 Å². The average molecular weight is 160 g/mol. The van der Waals surface area contributed by atoms with Crippen LogP contribution in [0.1, 0.15) is 32.1 Å². The molecule has 0 aromatic rings. The molecule has 0 N–H and O–H groups in total. The van der Waals surface area contributed by atoms with Crippen LogP contribution in [0.25, 0.3) is 0 Å². The van der Waals surface area contributed by atoms with Crippen LogP contribution in [0.3, 0.4) is 0 Å². The van der Waals surface area contributed by atoms with Gasteiger partial charge in [-0.05, 0) is 25.2 Å². The lowest BCUT2D eigenvalue weighted by molar-refractivity contribution is 0.625. The Morgan fingerprint density at radius 1 is 1.25 bits per heavy atom. The second kappa shape index (κ2) is 3.30. The van der Waals surface area contributed by atoms with Gasteiger partial charge in [-0.3, -0.25) is 0 Å². The van der Waals surface area contributed by atoms with Gasteiger partial charge in [-0.15, -0.1) is 0 Å². The van der Waals surface area contributed by atoms with Gasteiger partial charge >= 0.3 is 0 Å². The summed E-state index contributed by atoms with van der Waals surface area (Å²) in [7, 11) is 0. The summed E-state index contributed by atoms with van der Waals surface area (Å²) in [5, 5.41) is 0. The first kappa shape index (κ1) is 7.85. The van der Waals surface area contributed by atoms with Crippen LogP contribution >= 0.6 is 0 Å². The molecule has 0 saturated heterocycles. The summed E-state index contributed by atoms with van der Waals surface area (Å²) in [4.78, 5) is 0. The average Bonchev–Trinajstić information content (AvgIpc) is 2.56. The Morgan fingerprint density at radius 2 is 2.00 bits per heavy atom. The second-order valence-corrected chi connectivity index (χ2v) is 3.92. The Bertz CT molecular complexity index is 237. The van der Waals surface area contributed by atoms with E-state index in [9.17, 15) is 0 Å². The molecule has 0 radical (unpaired) electrons. The van der Waals surface area contributed by atoms with Gasteiger partial charge in [0.15, 0.2) is 0 Å². The van der Waals surface area contributed by atoms with E-state index in [1.54, 1.807) is 5.57 Å². The normalized spacial score (nSPS) is 24.7. The summed E-state index contributed by atoms with van der Waals surface area (Å²) in [6.45, 7) is 4.01. The van der Waals surface area contributed by atoms with Crippen LogP contribution < -0.4 is 0 Å². The minimum absolute atomic E-state index is 0.881. The minimum atomic E-state index is 0.881. The molecule has 0 bridgehead atoms. The van der Waals surface area contributed by atoms with Crippen molar-refractivity contribution in [3.05, 3.63) is 36.0 Å². The summed E-state index contributed by atoms with van der Waals surface area (Å²) in [5.41, 5.74) is 2.90. The van der Waals surface area contributed by atoms with Crippen LogP contribution in [0.15, 0.2) is 36.0 Å². The van der Waals surface area contributed by atoms with Gasteiger partial charge in [0.1, 0.15) is 0 Å². The topological polar surface area (TPSA) is 0 Å². The predicted octanol–water partition coefficient (Wildman–Crippen LogP) is 3.62. The standard InChI is InChI=1S/C12H16/c1-10-5-4-8-12(9-10)11-6-2-3-7-11/h4-5,8,11H,1-3,6-7,9H2. The third-order valence-electron chi connectivity index (χ3n) is 2.95. The Labute approximate surface area is 74.7 Å². The summed E-state index contributed by atoms with van der Waals surface area (Å²) >= 11 is 0. The van der Waals surface area contributed by atoms with Crippen molar-refractivity contribution in [2.24, 2.45) is 5.92 Å². The minimum Gasteiger partial charge on any atom is -0.0955 e. The lowest BCUT2D eigenvalue weighted by atomic mass is 9.89. The Kier molecular flexibility index (Phi) is 2.16. The number of hydrogen-bond acceptors (Lipinski definition) is 0. The molecule has 0 nitrogen and oxygen atoms in total. The van der Waals surface area contributed by atoms with Crippen molar-refractivity contribution in [1.82, 2.24) is 0 Å². The van der Waals surface area contributed by atoms with Crippen molar-refractivity contribution >= 4 is 0 Å². The lowest BCUT2D eigenvalue weighted by Gasteiger charge is -2.16. The SMILES string of the molecule is C=C1C=CC=C(C2CCCC2)C1. The van der Waals surface area contributed by atoms with Gasteiger partial charge in [0.05, 0.1) is 0 Å². The first-order chi connectivity index (χ1) is 5.86. The fourth-order valence-corrected chi connectivity index (χ4v) is 2.26. The molecule has 12 heavy (non-hydrogen) atoms.